The molecule has 0 radical (unpaired) electrons. The molecule has 0 spiro atoms. The van der Waals surface area contributed by atoms with Gasteiger partial charge in [0.25, 0.3) is 0 Å². The molecule has 0 aliphatic rings. The molecule has 8 nitrogen and oxygen atoms in total. The van der Waals surface area contributed by atoms with Crippen LogP contribution in [0.2, 0.25) is 0 Å². The summed E-state index contributed by atoms with van der Waals surface area (Å²) in [6, 6.07) is 0. The highest BCUT2D eigenvalue weighted by molar-refractivity contribution is 7.46. The first-order chi connectivity index (χ1) is 24.3. The van der Waals surface area contributed by atoms with Gasteiger partial charge in [-0.15, -0.1) is 0 Å². The Morgan fingerprint density at radius 2 is 0.840 bits per heavy atom. The Bertz CT molecular complexity index is 827. The number of unbranched alkanes of at least 4 members (excludes halogenated alkanes) is 27. The zero-order valence-electron chi connectivity index (χ0n) is 32.6. The summed E-state index contributed by atoms with van der Waals surface area (Å²) >= 11 is 0. The third-order valence-corrected chi connectivity index (χ3v) is 9.77. The van der Waals surface area contributed by atoms with Gasteiger partial charge in [-0.05, 0) is 38.5 Å². The number of allylic oxidation sites excluding steroid dienone is 2. The molecule has 296 valence electrons. The van der Waals surface area contributed by atoms with Crippen LogP contribution in [0.3, 0.4) is 0 Å². The number of hydrogen-bond acceptors (Lipinski definition) is 6. The van der Waals surface area contributed by atoms with Crippen molar-refractivity contribution in [2.24, 2.45) is 0 Å². The van der Waals surface area contributed by atoms with E-state index in [1.54, 1.807) is 0 Å². The van der Waals surface area contributed by atoms with Crippen LogP contribution in [0.4, 0.5) is 0 Å². The SMILES string of the molecule is CCCCCCCC/C=C\CCCCCCCCCCCCCC(=O)OC[C@H](COP(=O)(O)O)OC(=O)CCCCCCCCCCCCC. The molecule has 0 fully saturated rings. The number of rotatable bonds is 39. The highest BCUT2D eigenvalue weighted by Gasteiger charge is 2.22. The molecule has 2 N–H and O–H groups in total. The minimum absolute atomic E-state index is 0.217. The van der Waals surface area contributed by atoms with Crippen LogP contribution in [0.25, 0.3) is 0 Å². The molecule has 0 aromatic heterocycles. The molecule has 0 aliphatic heterocycles. The minimum Gasteiger partial charge on any atom is -0.462 e. The third-order valence-electron chi connectivity index (χ3n) is 9.28. The predicted molar refractivity (Wildman–Crippen MR) is 207 cm³/mol. The summed E-state index contributed by atoms with van der Waals surface area (Å²) in [7, 11) is -4.74. The first kappa shape index (κ1) is 48.8. The van der Waals surface area contributed by atoms with Crippen molar-refractivity contribution in [3.8, 4) is 0 Å². The van der Waals surface area contributed by atoms with E-state index in [1.165, 1.54) is 148 Å². The van der Waals surface area contributed by atoms with E-state index < -0.39 is 32.5 Å². The van der Waals surface area contributed by atoms with Crippen LogP contribution in [0.15, 0.2) is 12.2 Å². The number of phosphoric ester groups is 1. The van der Waals surface area contributed by atoms with Gasteiger partial charge in [0, 0.05) is 12.8 Å². The van der Waals surface area contributed by atoms with Crippen molar-refractivity contribution in [1.29, 1.82) is 0 Å². The summed E-state index contributed by atoms with van der Waals surface area (Å²) in [5, 5.41) is 0. The number of carbonyl (C=O) groups is 2. The van der Waals surface area contributed by atoms with E-state index in [-0.39, 0.29) is 19.4 Å². The lowest BCUT2D eigenvalue weighted by Gasteiger charge is -2.18. The standard InChI is InChI=1S/C41H79O8P/c1-3-5-7-9-11-13-15-16-17-18-19-20-21-22-23-24-26-27-29-31-33-35-40(42)47-37-39(38-48-50(44,45)46)49-41(43)36-34-32-30-28-25-14-12-10-8-6-4-2/h16-17,39H,3-15,18-38H2,1-2H3,(H2,44,45,46)/b17-16-/t39-/m1/s1. The summed E-state index contributed by atoms with van der Waals surface area (Å²) < 4.78 is 26.3. The van der Waals surface area contributed by atoms with Gasteiger partial charge in [-0.3, -0.25) is 14.1 Å². The third kappa shape index (κ3) is 39.6. The van der Waals surface area contributed by atoms with E-state index in [0.717, 1.165) is 38.5 Å². The quantitative estimate of drug-likeness (QED) is 0.0278. The van der Waals surface area contributed by atoms with E-state index in [4.69, 9.17) is 19.3 Å². The summed E-state index contributed by atoms with van der Waals surface area (Å²) in [5.41, 5.74) is 0. The summed E-state index contributed by atoms with van der Waals surface area (Å²) in [5.74, 6) is -0.876. The van der Waals surface area contributed by atoms with Crippen LogP contribution < -0.4 is 0 Å². The van der Waals surface area contributed by atoms with E-state index in [9.17, 15) is 14.2 Å². The maximum atomic E-state index is 12.3. The Labute approximate surface area is 307 Å². The fourth-order valence-electron chi connectivity index (χ4n) is 6.13. The van der Waals surface area contributed by atoms with Crippen molar-refractivity contribution in [3.63, 3.8) is 0 Å². The van der Waals surface area contributed by atoms with Gasteiger partial charge in [0.05, 0.1) is 6.61 Å². The van der Waals surface area contributed by atoms with Gasteiger partial charge in [-0.25, -0.2) is 4.57 Å². The molecule has 0 saturated heterocycles. The van der Waals surface area contributed by atoms with Crippen LogP contribution in [0, 0.1) is 0 Å². The highest BCUT2D eigenvalue weighted by atomic mass is 31.2. The Kier molecular flexibility index (Phi) is 36.6. The summed E-state index contributed by atoms with van der Waals surface area (Å²) in [6.07, 6.45) is 40.8. The molecule has 0 saturated carbocycles. The maximum Gasteiger partial charge on any atom is 0.469 e. The molecule has 0 bridgehead atoms. The Balaban J connectivity index is 3.82. The normalized spacial score (nSPS) is 12.5. The predicted octanol–water partition coefficient (Wildman–Crippen LogP) is 12.6. The smallest absolute Gasteiger partial charge is 0.462 e. The number of ether oxygens (including phenoxy) is 2. The zero-order chi connectivity index (χ0) is 36.8. The van der Waals surface area contributed by atoms with Crippen LogP contribution >= 0.6 is 7.82 Å². The average molecular weight is 731 g/mol. The maximum absolute atomic E-state index is 12.3. The van der Waals surface area contributed by atoms with Crippen molar-refractivity contribution in [3.05, 3.63) is 12.2 Å². The van der Waals surface area contributed by atoms with Gasteiger partial charge < -0.3 is 19.3 Å². The Morgan fingerprint density at radius 1 is 0.500 bits per heavy atom. The lowest BCUT2D eigenvalue weighted by Crippen LogP contribution is -2.29. The molecule has 0 amide bonds. The summed E-state index contributed by atoms with van der Waals surface area (Å²) in [4.78, 5) is 42.7. The highest BCUT2D eigenvalue weighted by Crippen LogP contribution is 2.36. The minimum atomic E-state index is -4.74. The van der Waals surface area contributed by atoms with Crippen molar-refractivity contribution >= 4 is 19.8 Å². The monoisotopic (exact) mass is 731 g/mol. The molecule has 0 aromatic carbocycles. The van der Waals surface area contributed by atoms with E-state index in [0.29, 0.717) is 6.42 Å². The largest absolute Gasteiger partial charge is 0.469 e. The number of hydrogen-bond donors (Lipinski definition) is 2. The van der Waals surface area contributed by atoms with E-state index in [1.807, 2.05) is 0 Å². The van der Waals surface area contributed by atoms with Crippen molar-refractivity contribution in [1.82, 2.24) is 0 Å². The van der Waals surface area contributed by atoms with Gasteiger partial charge >= 0.3 is 19.8 Å². The van der Waals surface area contributed by atoms with Gasteiger partial charge in [-0.1, -0.05) is 180 Å². The molecular formula is C41H79O8P. The molecule has 1 atom stereocenters. The second-order valence-corrected chi connectivity index (χ2v) is 15.6. The second-order valence-electron chi connectivity index (χ2n) is 14.3. The molecule has 0 rings (SSSR count). The average Bonchev–Trinajstić information content (AvgIpc) is 3.08. The van der Waals surface area contributed by atoms with Gasteiger partial charge in [-0.2, -0.15) is 0 Å². The van der Waals surface area contributed by atoms with Gasteiger partial charge in [0.1, 0.15) is 6.61 Å². The molecule has 0 unspecified atom stereocenters. The molecule has 9 heteroatoms. The molecule has 0 heterocycles. The van der Waals surface area contributed by atoms with Crippen LogP contribution in [0.5, 0.6) is 0 Å². The van der Waals surface area contributed by atoms with Crippen LogP contribution in [-0.4, -0.2) is 41.0 Å². The number of phosphoric acid groups is 1. The Hall–Kier alpha value is -1.21. The van der Waals surface area contributed by atoms with Crippen molar-refractivity contribution in [2.75, 3.05) is 13.2 Å². The second kappa shape index (κ2) is 37.5. The van der Waals surface area contributed by atoms with Crippen molar-refractivity contribution in [2.45, 2.75) is 225 Å². The first-order valence-electron chi connectivity index (χ1n) is 21.0. The first-order valence-corrected chi connectivity index (χ1v) is 22.5. The summed E-state index contributed by atoms with van der Waals surface area (Å²) in [6.45, 7) is 3.68. The number of esters is 2. The molecule has 0 aliphatic carbocycles. The lowest BCUT2D eigenvalue weighted by molar-refractivity contribution is -0.161. The zero-order valence-corrected chi connectivity index (χ0v) is 33.5. The fraction of sp³-hybridized carbons (Fsp3) is 0.902. The molecular weight excluding hydrogens is 651 g/mol. The van der Waals surface area contributed by atoms with Gasteiger partial charge in [0.15, 0.2) is 6.10 Å². The Morgan fingerprint density at radius 3 is 1.22 bits per heavy atom. The van der Waals surface area contributed by atoms with Crippen molar-refractivity contribution < 1.29 is 37.9 Å². The fourth-order valence-corrected chi connectivity index (χ4v) is 6.49. The topological polar surface area (TPSA) is 119 Å². The molecule has 0 aromatic rings. The lowest BCUT2D eigenvalue weighted by atomic mass is 10.0. The van der Waals surface area contributed by atoms with Gasteiger partial charge in [0.2, 0.25) is 0 Å². The van der Waals surface area contributed by atoms with E-state index in [2.05, 4.69) is 30.5 Å². The number of carbonyl (C=O) groups excluding carboxylic acids is 2. The molecule has 50 heavy (non-hydrogen) atoms. The van der Waals surface area contributed by atoms with Crippen LogP contribution in [-0.2, 0) is 28.2 Å². The van der Waals surface area contributed by atoms with Crippen LogP contribution in [0.1, 0.15) is 219 Å². The van der Waals surface area contributed by atoms with E-state index >= 15 is 0 Å².